The Labute approximate surface area is 176 Å². The Bertz CT molecular complexity index is 1060. The van der Waals surface area contributed by atoms with Crippen molar-refractivity contribution in [3.63, 3.8) is 0 Å². The quantitative estimate of drug-likeness (QED) is 0.710. The summed E-state index contributed by atoms with van der Waals surface area (Å²) in [5, 5.41) is 11.6. The lowest BCUT2D eigenvalue weighted by Crippen LogP contribution is -2.40. The van der Waals surface area contributed by atoms with Crippen LogP contribution in [0.2, 0.25) is 0 Å². The van der Waals surface area contributed by atoms with Gasteiger partial charge in [0, 0.05) is 43.9 Å². The number of ether oxygens (including phenoxy) is 1. The topological polar surface area (TPSA) is 89.6 Å². The summed E-state index contributed by atoms with van der Waals surface area (Å²) in [6.45, 7) is 9.97. The lowest BCUT2D eigenvalue weighted by Gasteiger charge is -2.27. The van der Waals surface area contributed by atoms with Crippen LogP contribution in [-0.4, -0.2) is 55.7 Å². The van der Waals surface area contributed by atoms with Gasteiger partial charge in [0.1, 0.15) is 11.1 Å². The van der Waals surface area contributed by atoms with Gasteiger partial charge in [-0.2, -0.15) is 10.2 Å². The van der Waals surface area contributed by atoms with Crippen LogP contribution in [0.25, 0.3) is 16.8 Å². The summed E-state index contributed by atoms with van der Waals surface area (Å²) >= 11 is 0. The molecule has 0 saturated carbocycles. The number of anilines is 1. The minimum Gasteiger partial charge on any atom is -0.444 e. The number of nitrogens with zero attached hydrogens (tertiary/aromatic N) is 6. The maximum absolute atomic E-state index is 12.1. The molecule has 1 aliphatic rings. The van der Waals surface area contributed by atoms with E-state index in [4.69, 9.17) is 9.72 Å². The molecule has 1 amide bonds. The summed E-state index contributed by atoms with van der Waals surface area (Å²) in [5.41, 5.74) is 2.17. The second-order valence-corrected chi connectivity index (χ2v) is 9.35. The Morgan fingerprint density at radius 3 is 2.80 bits per heavy atom. The second kappa shape index (κ2) is 7.30. The highest BCUT2D eigenvalue weighted by Crippen LogP contribution is 2.34. The number of carbonyl (C=O) groups excluding carboxylic acids is 1. The first kappa shape index (κ1) is 20.2. The second-order valence-electron chi connectivity index (χ2n) is 9.35. The van der Waals surface area contributed by atoms with E-state index in [9.17, 15) is 4.79 Å². The minimum absolute atomic E-state index is 0.0695. The third-order valence-electron chi connectivity index (χ3n) is 5.29. The molecule has 1 unspecified atom stereocenters. The van der Waals surface area contributed by atoms with Gasteiger partial charge < -0.3 is 15.0 Å². The third-order valence-corrected chi connectivity index (χ3v) is 5.29. The molecule has 1 saturated heterocycles. The molecule has 30 heavy (non-hydrogen) atoms. The first-order valence-electron chi connectivity index (χ1n) is 10.2. The first-order chi connectivity index (χ1) is 14.1. The molecule has 9 heteroatoms. The van der Waals surface area contributed by atoms with E-state index in [1.807, 2.05) is 50.8 Å². The molecule has 3 aromatic heterocycles. The number of alkyl carbamates (subject to hydrolysis) is 1. The molecule has 1 aliphatic heterocycles. The smallest absolute Gasteiger partial charge is 0.407 e. The number of nitrogens with one attached hydrogen (secondary N) is 1. The van der Waals surface area contributed by atoms with Crippen LogP contribution < -0.4 is 10.2 Å². The highest BCUT2D eigenvalue weighted by molar-refractivity contribution is 5.73. The molecule has 1 N–H and O–H groups in total. The van der Waals surface area contributed by atoms with E-state index in [1.54, 1.807) is 17.1 Å². The molecule has 0 bridgehead atoms. The number of aromatic nitrogens is 5. The Morgan fingerprint density at radius 1 is 1.30 bits per heavy atom. The van der Waals surface area contributed by atoms with Crippen LogP contribution in [0.4, 0.5) is 10.6 Å². The Kier molecular flexibility index (Phi) is 4.91. The zero-order valence-electron chi connectivity index (χ0n) is 18.2. The molecule has 0 spiro atoms. The molecular weight excluding hydrogens is 382 g/mol. The largest absolute Gasteiger partial charge is 0.444 e. The van der Waals surface area contributed by atoms with Gasteiger partial charge >= 0.3 is 6.09 Å². The molecule has 160 valence electrons. The van der Waals surface area contributed by atoms with Gasteiger partial charge in [-0.05, 0) is 33.3 Å². The summed E-state index contributed by atoms with van der Waals surface area (Å²) in [6, 6.07) is 1.98. The van der Waals surface area contributed by atoms with E-state index in [-0.39, 0.29) is 11.5 Å². The van der Waals surface area contributed by atoms with Crippen LogP contribution in [0.1, 0.15) is 34.1 Å². The van der Waals surface area contributed by atoms with E-state index >= 15 is 0 Å². The lowest BCUT2D eigenvalue weighted by atomic mass is 9.90. The van der Waals surface area contributed by atoms with E-state index in [0.717, 1.165) is 42.1 Å². The van der Waals surface area contributed by atoms with Crippen molar-refractivity contribution in [3.8, 4) is 11.3 Å². The van der Waals surface area contributed by atoms with Gasteiger partial charge in [0.05, 0.1) is 24.3 Å². The van der Waals surface area contributed by atoms with Crippen LogP contribution in [0.15, 0.2) is 30.9 Å². The summed E-state index contributed by atoms with van der Waals surface area (Å²) < 4.78 is 9.00. The summed E-state index contributed by atoms with van der Waals surface area (Å²) in [4.78, 5) is 19.3. The fourth-order valence-corrected chi connectivity index (χ4v) is 3.78. The molecule has 4 rings (SSSR count). The minimum atomic E-state index is -0.503. The zero-order chi connectivity index (χ0) is 21.5. The highest BCUT2D eigenvalue weighted by atomic mass is 16.6. The molecule has 0 radical (unpaired) electrons. The SMILES string of the molecule is Cn1cc(-c2cn3nccc3c(N3CCC(C)(CNC(=O)OC(C)(C)C)C3)n2)cn1. The maximum Gasteiger partial charge on any atom is 0.407 e. The van der Waals surface area contributed by atoms with Gasteiger partial charge in [-0.25, -0.2) is 14.3 Å². The Morgan fingerprint density at radius 2 is 2.10 bits per heavy atom. The van der Waals surface area contributed by atoms with Crippen molar-refractivity contribution in [2.75, 3.05) is 24.5 Å². The number of hydrogen-bond acceptors (Lipinski definition) is 6. The van der Waals surface area contributed by atoms with Crippen LogP contribution >= 0.6 is 0 Å². The maximum atomic E-state index is 12.1. The normalized spacial score (nSPS) is 19.4. The van der Waals surface area contributed by atoms with Crippen molar-refractivity contribution in [3.05, 3.63) is 30.9 Å². The Balaban J connectivity index is 1.53. The van der Waals surface area contributed by atoms with Crippen molar-refractivity contribution in [1.29, 1.82) is 0 Å². The van der Waals surface area contributed by atoms with Crippen molar-refractivity contribution >= 4 is 17.4 Å². The average Bonchev–Trinajstić information content (AvgIpc) is 3.38. The first-order valence-corrected chi connectivity index (χ1v) is 10.2. The molecule has 0 aliphatic carbocycles. The standard InChI is InChI=1S/C21H29N7O2/c1-20(2,3)30-19(29)22-13-21(4)7-9-27(14-21)18-17-6-8-23-28(17)12-16(25-18)15-10-24-26(5)11-15/h6,8,10-12H,7,9,13-14H2,1-5H3,(H,22,29). The van der Waals surface area contributed by atoms with E-state index in [2.05, 4.69) is 27.3 Å². The predicted octanol–water partition coefficient (Wildman–Crippen LogP) is 2.87. The number of fused-ring (bicyclic) bond motifs is 1. The van der Waals surface area contributed by atoms with E-state index in [0.29, 0.717) is 6.54 Å². The number of hydrogen-bond donors (Lipinski definition) is 1. The molecule has 1 atom stereocenters. The Hall–Kier alpha value is -3.10. The van der Waals surface area contributed by atoms with Crippen LogP contribution in [-0.2, 0) is 11.8 Å². The van der Waals surface area contributed by atoms with Crippen molar-refractivity contribution in [1.82, 2.24) is 29.7 Å². The molecule has 3 aromatic rings. The summed E-state index contributed by atoms with van der Waals surface area (Å²) in [5.74, 6) is 0.898. The molecule has 1 fully saturated rings. The van der Waals surface area contributed by atoms with Gasteiger partial charge in [-0.3, -0.25) is 4.68 Å². The molecule has 4 heterocycles. The number of aryl methyl sites for hydroxylation is 1. The van der Waals surface area contributed by atoms with Crippen LogP contribution in [0.3, 0.4) is 0 Å². The number of carbonyl (C=O) groups is 1. The fraction of sp³-hybridized carbons (Fsp3) is 0.524. The monoisotopic (exact) mass is 411 g/mol. The summed E-state index contributed by atoms with van der Waals surface area (Å²) in [7, 11) is 1.89. The van der Waals surface area contributed by atoms with Gasteiger partial charge in [0.2, 0.25) is 0 Å². The lowest BCUT2D eigenvalue weighted by molar-refractivity contribution is 0.0507. The van der Waals surface area contributed by atoms with Crippen LogP contribution in [0.5, 0.6) is 0 Å². The molecule has 0 aromatic carbocycles. The van der Waals surface area contributed by atoms with Gasteiger partial charge in [-0.1, -0.05) is 6.92 Å². The van der Waals surface area contributed by atoms with Gasteiger partial charge in [0.15, 0.2) is 5.82 Å². The van der Waals surface area contributed by atoms with Crippen molar-refractivity contribution in [2.45, 2.75) is 39.7 Å². The number of amides is 1. The van der Waals surface area contributed by atoms with Crippen molar-refractivity contribution in [2.24, 2.45) is 12.5 Å². The zero-order valence-corrected chi connectivity index (χ0v) is 18.2. The molecular formula is C21H29N7O2. The summed E-state index contributed by atoms with van der Waals surface area (Å²) in [6.07, 6.45) is 8.03. The van der Waals surface area contributed by atoms with Crippen LogP contribution in [0, 0.1) is 5.41 Å². The highest BCUT2D eigenvalue weighted by Gasteiger charge is 2.36. The third kappa shape index (κ3) is 4.24. The van der Waals surface area contributed by atoms with Gasteiger partial charge in [-0.15, -0.1) is 0 Å². The van der Waals surface area contributed by atoms with Crippen molar-refractivity contribution < 1.29 is 9.53 Å². The number of rotatable bonds is 4. The molecule has 9 nitrogen and oxygen atoms in total. The average molecular weight is 412 g/mol. The van der Waals surface area contributed by atoms with E-state index < -0.39 is 5.60 Å². The van der Waals surface area contributed by atoms with Gasteiger partial charge in [0.25, 0.3) is 0 Å². The van der Waals surface area contributed by atoms with E-state index in [1.165, 1.54) is 0 Å². The predicted molar refractivity (Wildman–Crippen MR) is 114 cm³/mol. The fourth-order valence-electron chi connectivity index (χ4n) is 3.78.